The van der Waals surface area contributed by atoms with Crippen molar-refractivity contribution in [1.82, 2.24) is 15.0 Å². The second-order valence-corrected chi connectivity index (χ2v) is 17.9. The molecule has 1 aromatic heterocycles. The first kappa shape index (κ1) is 40.2. The summed E-state index contributed by atoms with van der Waals surface area (Å²) in [5, 5.41) is 5.10. The molecule has 3 nitrogen and oxygen atoms in total. The Labute approximate surface area is 401 Å². The number of benzene rings is 11. The highest BCUT2D eigenvalue weighted by Gasteiger charge is 2.47. The molecule has 0 saturated carbocycles. The number of rotatable bonds is 8. The molecule has 1 unspecified atom stereocenters. The van der Waals surface area contributed by atoms with E-state index in [1.54, 1.807) is 0 Å². The lowest BCUT2D eigenvalue weighted by Crippen LogP contribution is -2.28. The van der Waals surface area contributed by atoms with Crippen LogP contribution in [-0.2, 0) is 5.41 Å². The molecule has 3 heteroatoms. The summed E-state index contributed by atoms with van der Waals surface area (Å²) >= 11 is 0. The molecule has 0 saturated heterocycles. The van der Waals surface area contributed by atoms with E-state index < -0.39 is 5.41 Å². The Bertz CT molecular complexity index is 3750. The van der Waals surface area contributed by atoms with Crippen LogP contribution in [0.2, 0.25) is 0 Å². The van der Waals surface area contributed by atoms with Crippen LogP contribution >= 0.6 is 0 Å². The molecular weight excluding hydrogens is 835 g/mol. The van der Waals surface area contributed by atoms with Crippen LogP contribution < -0.4 is 0 Å². The standard InChI is InChI=1S/C66H43N3/c1-4-17-44(18-5-1)46-31-35-49(36-32-46)63-67-64(50-37-33-47(34-38-50)45-19-6-2-7-20-45)69-65(68-63)52-22-16-21-51(43-52)48-39-41-54(42-40-48)66(53-23-8-3-9-24-53)60-30-15-14-29-59(60)61-57-27-12-10-25-55(57)56-26-11-13-28-58(56)62(61)66/h1-43H. The highest BCUT2D eigenvalue weighted by Crippen LogP contribution is 2.60. The van der Waals surface area contributed by atoms with Crippen LogP contribution in [0, 0.1) is 0 Å². The van der Waals surface area contributed by atoms with Gasteiger partial charge in [-0.25, -0.2) is 15.0 Å². The largest absolute Gasteiger partial charge is 0.208 e. The van der Waals surface area contributed by atoms with Crippen molar-refractivity contribution >= 4 is 21.5 Å². The van der Waals surface area contributed by atoms with E-state index in [1.807, 2.05) is 12.1 Å². The van der Waals surface area contributed by atoms with Crippen LogP contribution in [0.5, 0.6) is 0 Å². The molecule has 322 valence electrons. The van der Waals surface area contributed by atoms with Crippen LogP contribution in [0.15, 0.2) is 261 Å². The van der Waals surface area contributed by atoms with Crippen LogP contribution in [-0.4, -0.2) is 15.0 Å². The molecule has 0 amide bonds. The molecule has 1 atom stereocenters. The average Bonchev–Trinajstić information content (AvgIpc) is 3.76. The number of hydrogen-bond donors (Lipinski definition) is 0. The highest BCUT2D eigenvalue weighted by atomic mass is 15.0. The fourth-order valence-electron chi connectivity index (χ4n) is 10.8. The zero-order valence-electron chi connectivity index (χ0n) is 37.7. The first-order valence-electron chi connectivity index (χ1n) is 23.6. The summed E-state index contributed by atoms with van der Waals surface area (Å²) in [7, 11) is 0. The van der Waals surface area contributed by atoms with E-state index in [9.17, 15) is 0 Å². The van der Waals surface area contributed by atoms with Gasteiger partial charge in [-0.3, -0.25) is 0 Å². The monoisotopic (exact) mass is 877 g/mol. The van der Waals surface area contributed by atoms with E-state index in [2.05, 4.69) is 249 Å². The number of nitrogens with zero attached hydrogens (tertiary/aromatic N) is 3. The van der Waals surface area contributed by atoms with Crippen molar-refractivity contribution in [2.45, 2.75) is 5.41 Å². The third-order valence-corrected chi connectivity index (χ3v) is 14.0. The minimum absolute atomic E-state index is 0.562. The van der Waals surface area contributed by atoms with Gasteiger partial charge in [0.1, 0.15) is 0 Å². The van der Waals surface area contributed by atoms with E-state index in [-0.39, 0.29) is 0 Å². The summed E-state index contributed by atoms with van der Waals surface area (Å²) in [6, 6.07) is 93.8. The Morgan fingerprint density at radius 3 is 1.22 bits per heavy atom. The van der Waals surface area contributed by atoms with Gasteiger partial charge in [0, 0.05) is 16.7 Å². The second-order valence-electron chi connectivity index (χ2n) is 17.9. The summed E-state index contributed by atoms with van der Waals surface area (Å²) in [6.07, 6.45) is 0. The quantitative estimate of drug-likeness (QED) is 0.143. The summed E-state index contributed by atoms with van der Waals surface area (Å²) in [5.74, 6) is 1.87. The van der Waals surface area contributed by atoms with Crippen LogP contribution in [0.25, 0.3) is 100 Å². The number of fused-ring (bicyclic) bond motifs is 8. The Kier molecular flexibility index (Phi) is 9.73. The van der Waals surface area contributed by atoms with E-state index in [0.29, 0.717) is 17.5 Å². The smallest absolute Gasteiger partial charge is 0.164 e. The van der Waals surface area contributed by atoms with Gasteiger partial charge in [-0.2, -0.15) is 0 Å². The topological polar surface area (TPSA) is 38.7 Å². The predicted molar refractivity (Wildman–Crippen MR) is 285 cm³/mol. The molecule has 1 aliphatic carbocycles. The molecule has 13 rings (SSSR count). The van der Waals surface area contributed by atoms with Gasteiger partial charge in [0.05, 0.1) is 5.41 Å². The fourth-order valence-corrected chi connectivity index (χ4v) is 10.8. The fraction of sp³-hybridized carbons (Fsp3) is 0.0152. The first-order valence-corrected chi connectivity index (χ1v) is 23.6. The van der Waals surface area contributed by atoms with Crippen molar-refractivity contribution < 1.29 is 0 Å². The minimum Gasteiger partial charge on any atom is -0.208 e. The molecule has 1 heterocycles. The van der Waals surface area contributed by atoms with Crippen LogP contribution in [0.1, 0.15) is 22.3 Å². The SMILES string of the molecule is c1ccc(-c2ccc(-c3nc(-c4ccc(-c5ccccc5)cc4)nc(-c4cccc(-c5ccc(C6(c7ccccc7)c7ccccc7-c7c6c6ccccc6c6ccccc76)cc5)c4)n3)cc2)cc1. The molecule has 0 N–H and O–H groups in total. The minimum atomic E-state index is -0.562. The van der Waals surface area contributed by atoms with Gasteiger partial charge in [0.15, 0.2) is 17.5 Å². The molecular formula is C66H43N3. The molecule has 0 spiro atoms. The van der Waals surface area contributed by atoms with Crippen LogP contribution in [0.4, 0.5) is 0 Å². The molecule has 1 aliphatic rings. The molecule has 0 bridgehead atoms. The number of aromatic nitrogens is 3. The van der Waals surface area contributed by atoms with Gasteiger partial charge < -0.3 is 0 Å². The van der Waals surface area contributed by atoms with Gasteiger partial charge in [-0.1, -0.05) is 255 Å². The van der Waals surface area contributed by atoms with Gasteiger partial charge in [0.2, 0.25) is 0 Å². The maximum Gasteiger partial charge on any atom is 0.164 e. The van der Waals surface area contributed by atoms with Crippen molar-refractivity contribution in [3.63, 3.8) is 0 Å². The first-order chi connectivity index (χ1) is 34.2. The van der Waals surface area contributed by atoms with Crippen molar-refractivity contribution in [1.29, 1.82) is 0 Å². The molecule has 12 aromatic rings. The van der Waals surface area contributed by atoms with Gasteiger partial charge in [-0.15, -0.1) is 0 Å². The second kappa shape index (κ2) is 16.7. The lowest BCUT2D eigenvalue weighted by atomic mass is 9.66. The van der Waals surface area contributed by atoms with Crippen molar-refractivity contribution in [2.24, 2.45) is 0 Å². The Balaban J connectivity index is 0.932. The van der Waals surface area contributed by atoms with E-state index >= 15 is 0 Å². The lowest BCUT2D eigenvalue weighted by Gasteiger charge is -2.35. The summed E-state index contributed by atoms with van der Waals surface area (Å²) in [4.78, 5) is 15.5. The number of hydrogen-bond acceptors (Lipinski definition) is 3. The summed E-state index contributed by atoms with van der Waals surface area (Å²) < 4.78 is 0. The van der Waals surface area contributed by atoms with Crippen molar-refractivity contribution in [3.8, 4) is 78.7 Å². The van der Waals surface area contributed by atoms with E-state index in [0.717, 1.165) is 38.9 Å². The Morgan fingerprint density at radius 1 is 0.246 bits per heavy atom. The molecule has 69 heavy (non-hydrogen) atoms. The summed E-state index contributed by atoms with van der Waals surface area (Å²) in [6.45, 7) is 0. The Hall–Kier alpha value is -9.05. The lowest BCUT2D eigenvalue weighted by molar-refractivity contribution is 0.776. The van der Waals surface area contributed by atoms with Crippen molar-refractivity contribution in [3.05, 3.63) is 283 Å². The third-order valence-electron chi connectivity index (χ3n) is 14.0. The molecule has 0 aliphatic heterocycles. The third kappa shape index (κ3) is 6.78. The zero-order valence-corrected chi connectivity index (χ0v) is 37.7. The predicted octanol–water partition coefficient (Wildman–Crippen LogP) is 16.5. The van der Waals surface area contributed by atoms with E-state index in [4.69, 9.17) is 15.0 Å². The molecule has 0 radical (unpaired) electrons. The van der Waals surface area contributed by atoms with Gasteiger partial charge >= 0.3 is 0 Å². The maximum absolute atomic E-state index is 5.18. The van der Waals surface area contributed by atoms with Gasteiger partial charge in [-0.05, 0) is 94.4 Å². The van der Waals surface area contributed by atoms with Gasteiger partial charge in [0.25, 0.3) is 0 Å². The van der Waals surface area contributed by atoms with E-state index in [1.165, 1.54) is 66.1 Å². The highest BCUT2D eigenvalue weighted by molar-refractivity contribution is 6.19. The Morgan fingerprint density at radius 2 is 0.623 bits per heavy atom. The average molecular weight is 878 g/mol. The normalized spacial score (nSPS) is 13.9. The van der Waals surface area contributed by atoms with Crippen molar-refractivity contribution in [2.75, 3.05) is 0 Å². The summed E-state index contributed by atoms with van der Waals surface area (Å²) in [5.41, 5.74) is 16.7. The maximum atomic E-state index is 5.18. The zero-order chi connectivity index (χ0) is 45.7. The molecule has 11 aromatic carbocycles. The van der Waals surface area contributed by atoms with Crippen LogP contribution in [0.3, 0.4) is 0 Å². The molecule has 0 fully saturated rings.